The average molecular weight is 546 g/mol. The van der Waals surface area contributed by atoms with E-state index >= 15 is 0 Å². The number of aromatic hydroxyl groups is 1. The summed E-state index contributed by atoms with van der Waals surface area (Å²) in [5.74, 6) is 1.22. The van der Waals surface area contributed by atoms with E-state index in [9.17, 15) is 9.90 Å². The molecule has 2 heterocycles. The van der Waals surface area contributed by atoms with Gasteiger partial charge < -0.3 is 19.5 Å². The van der Waals surface area contributed by atoms with Gasteiger partial charge in [0.05, 0.1) is 19.3 Å². The molecule has 1 unspecified atom stereocenters. The molecule has 2 N–H and O–H groups in total. The number of carbonyl (C=O) groups excluding carboxylic acids is 1. The number of fused-ring (bicyclic) bond motifs is 1. The number of benzene rings is 3. The third kappa shape index (κ3) is 4.94. The van der Waals surface area contributed by atoms with Crippen molar-refractivity contribution in [2.45, 2.75) is 46.7 Å². The molecule has 202 valence electrons. The van der Waals surface area contributed by atoms with Gasteiger partial charge in [0, 0.05) is 22.7 Å². The van der Waals surface area contributed by atoms with E-state index in [2.05, 4.69) is 17.1 Å². The summed E-state index contributed by atoms with van der Waals surface area (Å²) >= 11 is 6.52. The Hall–Kier alpha value is -3.97. The summed E-state index contributed by atoms with van der Waals surface area (Å²) in [5, 5.41) is 19.1. The van der Waals surface area contributed by atoms with Crippen LogP contribution in [0.4, 0.5) is 0 Å². The molecule has 0 spiro atoms. The topological polar surface area (TPSA) is 87.7 Å². The number of nitrogens with zero attached hydrogens (tertiary/aromatic N) is 2. The summed E-state index contributed by atoms with van der Waals surface area (Å²) in [4.78, 5) is 15.7. The van der Waals surface area contributed by atoms with Crippen LogP contribution in [0.25, 0.3) is 11.3 Å². The zero-order valence-electron chi connectivity index (χ0n) is 22.5. The van der Waals surface area contributed by atoms with Crippen LogP contribution in [-0.2, 0) is 6.54 Å². The van der Waals surface area contributed by atoms with Gasteiger partial charge in [0.2, 0.25) is 0 Å². The molecule has 0 radical (unpaired) electrons. The number of amides is 1. The molecule has 0 aliphatic carbocycles. The van der Waals surface area contributed by atoms with Crippen LogP contribution in [0.3, 0.4) is 0 Å². The Kier molecular flexibility index (Phi) is 7.53. The third-order valence-electron chi connectivity index (χ3n) is 6.91. The van der Waals surface area contributed by atoms with Crippen molar-refractivity contribution in [3.8, 4) is 28.5 Å². The Morgan fingerprint density at radius 1 is 1.05 bits per heavy atom. The summed E-state index contributed by atoms with van der Waals surface area (Å²) in [6.45, 7) is 9.14. The van der Waals surface area contributed by atoms with Crippen molar-refractivity contribution >= 4 is 17.5 Å². The molecular formula is C31H32ClN3O4. The number of phenolic OH excluding ortho intramolecular Hbond substituents is 1. The van der Waals surface area contributed by atoms with E-state index in [-0.39, 0.29) is 11.7 Å². The van der Waals surface area contributed by atoms with Crippen molar-refractivity contribution in [2.24, 2.45) is 0 Å². The van der Waals surface area contributed by atoms with Gasteiger partial charge in [-0.2, -0.15) is 5.10 Å². The molecule has 0 saturated carbocycles. The number of hydrogen-bond donors (Lipinski definition) is 2. The van der Waals surface area contributed by atoms with Crippen LogP contribution in [0.1, 0.15) is 64.6 Å². The summed E-state index contributed by atoms with van der Waals surface area (Å²) in [5.41, 5.74) is 5.62. The van der Waals surface area contributed by atoms with Crippen LogP contribution < -0.4 is 9.47 Å². The number of aromatic nitrogens is 2. The Balaban J connectivity index is 1.69. The quantitative estimate of drug-likeness (QED) is 0.237. The first-order chi connectivity index (χ1) is 18.8. The Morgan fingerprint density at radius 3 is 2.59 bits per heavy atom. The standard InChI is InChI=1S/C31H32ClN3O4/c1-5-13-39-24-12-11-20(16-25(24)38-6-2)29-26-27(22-15-18(3)14-19(4)30(22)36)33-34-28(26)31(37)35(29)17-21-9-7-8-10-23(21)32/h7-12,14-16,29,36H,5-6,13,17H2,1-4H3,(H,33,34). The van der Waals surface area contributed by atoms with Crippen LogP contribution in [0.5, 0.6) is 17.2 Å². The maximum Gasteiger partial charge on any atom is 0.273 e. The molecule has 1 atom stereocenters. The second-order valence-corrected chi connectivity index (χ2v) is 10.2. The second-order valence-electron chi connectivity index (χ2n) is 9.75. The van der Waals surface area contributed by atoms with E-state index in [1.807, 2.05) is 75.4 Å². The minimum absolute atomic E-state index is 0.143. The van der Waals surface area contributed by atoms with E-state index in [1.165, 1.54) is 0 Å². The van der Waals surface area contributed by atoms with Gasteiger partial charge in [0.25, 0.3) is 5.91 Å². The monoisotopic (exact) mass is 545 g/mol. The first-order valence-electron chi connectivity index (χ1n) is 13.2. The number of hydrogen-bond acceptors (Lipinski definition) is 5. The normalized spacial score (nSPS) is 14.5. The average Bonchev–Trinajstić information content (AvgIpc) is 3.46. The highest BCUT2D eigenvalue weighted by molar-refractivity contribution is 6.31. The van der Waals surface area contributed by atoms with Crippen LogP contribution in [0, 0.1) is 13.8 Å². The summed E-state index contributed by atoms with van der Waals surface area (Å²) in [7, 11) is 0. The number of phenols is 1. The Bertz CT molecular complexity index is 1530. The molecule has 0 bridgehead atoms. The number of ether oxygens (including phenoxy) is 2. The summed E-state index contributed by atoms with van der Waals surface area (Å²) in [6, 6.07) is 16.6. The van der Waals surface area contributed by atoms with Gasteiger partial charge in [-0.05, 0) is 73.7 Å². The van der Waals surface area contributed by atoms with Crippen molar-refractivity contribution in [1.82, 2.24) is 15.1 Å². The predicted molar refractivity (Wildman–Crippen MR) is 152 cm³/mol. The maximum atomic E-state index is 13.9. The number of H-pyrrole nitrogens is 1. The smallest absolute Gasteiger partial charge is 0.273 e. The molecule has 0 fully saturated rings. The molecule has 39 heavy (non-hydrogen) atoms. The molecule has 3 aromatic carbocycles. The van der Waals surface area contributed by atoms with Crippen LogP contribution in [0.2, 0.25) is 5.02 Å². The lowest BCUT2D eigenvalue weighted by molar-refractivity contribution is 0.0730. The first-order valence-corrected chi connectivity index (χ1v) is 13.5. The third-order valence-corrected chi connectivity index (χ3v) is 7.28. The fourth-order valence-electron chi connectivity index (χ4n) is 5.16. The van der Waals surface area contributed by atoms with Gasteiger partial charge in [-0.25, -0.2) is 0 Å². The van der Waals surface area contributed by atoms with Crippen molar-refractivity contribution in [1.29, 1.82) is 0 Å². The van der Waals surface area contributed by atoms with Crippen LogP contribution in [-0.4, -0.2) is 39.3 Å². The summed E-state index contributed by atoms with van der Waals surface area (Å²) < 4.78 is 11.9. The highest BCUT2D eigenvalue weighted by Crippen LogP contribution is 2.47. The van der Waals surface area contributed by atoms with Gasteiger partial charge in [0.1, 0.15) is 17.1 Å². The zero-order valence-corrected chi connectivity index (χ0v) is 23.3. The van der Waals surface area contributed by atoms with Crippen LogP contribution >= 0.6 is 11.6 Å². The van der Waals surface area contributed by atoms with Gasteiger partial charge in [-0.1, -0.05) is 48.9 Å². The fraction of sp³-hybridized carbons (Fsp3) is 0.290. The maximum absolute atomic E-state index is 13.9. The van der Waals surface area contributed by atoms with Crippen molar-refractivity contribution < 1.29 is 19.4 Å². The number of halogens is 1. The molecule has 4 aromatic rings. The predicted octanol–water partition coefficient (Wildman–Crippen LogP) is 6.99. The van der Waals surface area contributed by atoms with Crippen molar-refractivity contribution in [3.05, 3.63) is 93.1 Å². The molecule has 1 amide bonds. The minimum atomic E-state index is -0.503. The number of aromatic amines is 1. The van der Waals surface area contributed by atoms with E-state index < -0.39 is 6.04 Å². The van der Waals surface area contributed by atoms with E-state index in [1.54, 1.807) is 4.90 Å². The molecule has 0 saturated heterocycles. The number of nitrogens with one attached hydrogen (secondary N) is 1. The van der Waals surface area contributed by atoms with Crippen molar-refractivity contribution in [2.75, 3.05) is 13.2 Å². The molecular weight excluding hydrogens is 514 g/mol. The van der Waals surface area contributed by atoms with E-state index in [0.29, 0.717) is 58.8 Å². The van der Waals surface area contributed by atoms with Gasteiger partial charge in [0.15, 0.2) is 11.5 Å². The number of carbonyl (C=O) groups is 1. The molecule has 1 aromatic heterocycles. The number of rotatable bonds is 9. The minimum Gasteiger partial charge on any atom is -0.507 e. The number of aryl methyl sites for hydroxylation is 2. The zero-order chi connectivity index (χ0) is 27.7. The lowest BCUT2D eigenvalue weighted by Gasteiger charge is -2.27. The van der Waals surface area contributed by atoms with E-state index in [4.69, 9.17) is 21.1 Å². The SMILES string of the molecule is CCCOc1ccc(C2c3c(-c4cc(C)cc(C)c4O)n[nH]c3C(=O)N2Cc2ccccc2Cl)cc1OCC. The van der Waals surface area contributed by atoms with Gasteiger partial charge >= 0.3 is 0 Å². The summed E-state index contributed by atoms with van der Waals surface area (Å²) in [6.07, 6.45) is 0.872. The van der Waals surface area contributed by atoms with Crippen molar-refractivity contribution in [3.63, 3.8) is 0 Å². The Morgan fingerprint density at radius 2 is 1.85 bits per heavy atom. The molecule has 7 nitrogen and oxygen atoms in total. The molecule has 5 rings (SSSR count). The largest absolute Gasteiger partial charge is 0.507 e. The van der Waals surface area contributed by atoms with E-state index in [0.717, 1.165) is 28.7 Å². The lowest BCUT2D eigenvalue weighted by atomic mass is 9.93. The second kappa shape index (κ2) is 11.0. The lowest BCUT2D eigenvalue weighted by Crippen LogP contribution is -2.29. The van der Waals surface area contributed by atoms with Gasteiger partial charge in [-0.15, -0.1) is 0 Å². The first kappa shape index (κ1) is 26.6. The van der Waals surface area contributed by atoms with Crippen LogP contribution in [0.15, 0.2) is 54.6 Å². The fourth-order valence-corrected chi connectivity index (χ4v) is 5.35. The van der Waals surface area contributed by atoms with Gasteiger partial charge in [-0.3, -0.25) is 9.89 Å². The highest BCUT2D eigenvalue weighted by Gasteiger charge is 2.43. The Labute approximate surface area is 233 Å². The highest BCUT2D eigenvalue weighted by atomic mass is 35.5. The molecule has 1 aliphatic heterocycles. The molecule has 1 aliphatic rings. The molecule has 8 heteroatoms.